The molecule has 0 radical (unpaired) electrons. The molecule has 0 saturated carbocycles. The number of hydrogen-bond acceptors (Lipinski definition) is 3. The molecule has 2 aliphatic rings. The maximum absolute atomic E-state index is 14.1. The van der Waals surface area contributed by atoms with Crippen LogP contribution in [0.3, 0.4) is 0 Å². The van der Waals surface area contributed by atoms with E-state index in [0.717, 1.165) is 22.9 Å². The quantitative estimate of drug-likeness (QED) is 0.782. The van der Waals surface area contributed by atoms with E-state index < -0.39 is 17.9 Å². The fourth-order valence-electron chi connectivity index (χ4n) is 3.02. The third-order valence-electron chi connectivity index (χ3n) is 4.38. The molecule has 2 aromatic rings. The Balaban J connectivity index is 1.89. The van der Waals surface area contributed by atoms with Crippen LogP contribution in [-0.4, -0.2) is 17.4 Å². The molecule has 0 unspecified atom stereocenters. The number of aliphatic imine (C=N–C) groups is 1. The number of carbonyl (C=O) groups excluding carboxylic acids is 1. The number of urea groups is 1. The smallest absolute Gasteiger partial charge is 0.301 e. The van der Waals surface area contributed by atoms with Crippen molar-refractivity contribution in [3.63, 3.8) is 0 Å². The molecule has 2 aliphatic heterocycles. The number of hydrogen-bond donors (Lipinski definition) is 1. The van der Waals surface area contributed by atoms with E-state index in [1.807, 2.05) is 13.0 Å². The topological polar surface area (TPSA) is 44.7 Å². The Hall–Kier alpha value is -2.48. The minimum Gasteiger partial charge on any atom is -0.301 e. The number of thioether (sulfide) groups is 1. The third kappa shape index (κ3) is 2.39. The Labute approximate surface area is 152 Å². The average Bonchev–Trinajstić information content (AvgIpc) is 2.91. The number of anilines is 1. The lowest BCUT2D eigenvalue weighted by atomic mass is 9.97. The zero-order valence-electron chi connectivity index (χ0n) is 13.9. The van der Waals surface area contributed by atoms with Gasteiger partial charge in [0.1, 0.15) is 0 Å². The van der Waals surface area contributed by atoms with E-state index in [0.29, 0.717) is 10.6 Å². The van der Waals surface area contributed by atoms with Crippen molar-refractivity contribution >= 4 is 28.6 Å². The highest BCUT2D eigenvalue weighted by molar-refractivity contribution is 8.15. The molecule has 8 heteroatoms. The van der Waals surface area contributed by atoms with Crippen molar-refractivity contribution < 1.29 is 18.0 Å². The minimum absolute atomic E-state index is 0.0206. The summed E-state index contributed by atoms with van der Waals surface area (Å²) in [6.07, 6.45) is -4.79. The highest BCUT2D eigenvalue weighted by Gasteiger charge is 2.61. The first-order chi connectivity index (χ1) is 12.2. The van der Waals surface area contributed by atoms with Crippen LogP contribution >= 0.6 is 11.8 Å². The number of aryl methyl sites for hydroxylation is 2. The molecule has 4 nitrogen and oxygen atoms in total. The fourth-order valence-corrected chi connectivity index (χ4v) is 4.18. The monoisotopic (exact) mass is 377 g/mol. The number of carbonyl (C=O) groups is 1. The predicted molar refractivity (Wildman–Crippen MR) is 94.4 cm³/mol. The van der Waals surface area contributed by atoms with Crippen molar-refractivity contribution in [2.24, 2.45) is 4.99 Å². The van der Waals surface area contributed by atoms with E-state index in [4.69, 9.17) is 0 Å². The zero-order chi connectivity index (χ0) is 18.7. The Morgan fingerprint density at radius 2 is 1.73 bits per heavy atom. The lowest BCUT2D eigenvalue weighted by Gasteiger charge is -2.38. The third-order valence-corrected chi connectivity index (χ3v) is 5.39. The van der Waals surface area contributed by atoms with Crippen LogP contribution < -0.4 is 10.2 Å². The first-order valence-electron chi connectivity index (χ1n) is 7.86. The lowest BCUT2D eigenvalue weighted by molar-refractivity contribution is -0.195. The summed E-state index contributed by atoms with van der Waals surface area (Å²) in [6.45, 7) is 3.66. The molecule has 2 aromatic carbocycles. The maximum Gasteiger partial charge on any atom is 0.436 e. The summed E-state index contributed by atoms with van der Waals surface area (Å²) in [5, 5.41) is 2.11. The molecule has 0 spiro atoms. The molecule has 1 atom stereocenters. The van der Waals surface area contributed by atoms with E-state index in [-0.39, 0.29) is 10.7 Å². The second kappa shape index (κ2) is 5.51. The second-order valence-corrected chi connectivity index (χ2v) is 7.32. The minimum atomic E-state index is -4.79. The van der Waals surface area contributed by atoms with Crippen molar-refractivity contribution in [2.45, 2.75) is 30.6 Å². The van der Waals surface area contributed by atoms with Gasteiger partial charge in [-0.25, -0.2) is 14.7 Å². The fraction of sp³-hybridized carbons (Fsp3) is 0.222. The summed E-state index contributed by atoms with van der Waals surface area (Å²) in [5.41, 5.74) is -0.605. The summed E-state index contributed by atoms with van der Waals surface area (Å²) >= 11 is 1.07. The van der Waals surface area contributed by atoms with Crippen LogP contribution in [0.4, 0.5) is 23.7 Å². The Morgan fingerprint density at radius 1 is 1.08 bits per heavy atom. The van der Waals surface area contributed by atoms with Crippen molar-refractivity contribution in [3.8, 4) is 0 Å². The van der Waals surface area contributed by atoms with Crippen molar-refractivity contribution in [3.05, 3.63) is 59.2 Å². The van der Waals surface area contributed by atoms with E-state index in [1.165, 1.54) is 17.0 Å². The van der Waals surface area contributed by atoms with Crippen LogP contribution in [0.25, 0.3) is 0 Å². The molecule has 26 heavy (non-hydrogen) atoms. The summed E-state index contributed by atoms with van der Waals surface area (Å²) in [7, 11) is 0. The van der Waals surface area contributed by atoms with Gasteiger partial charge in [0.25, 0.3) is 5.66 Å². The van der Waals surface area contributed by atoms with Gasteiger partial charge in [-0.3, -0.25) is 0 Å². The number of benzene rings is 2. The van der Waals surface area contributed by atoms with Gasteiger partial charge in [0, 0.05) is 10.5 Å². The number of nitrogens with one attached hydrogen (secondary N) is 1. The van der Waals surface area contributed by atoms with Gasteiger partial charge in [0.2, 0.25) is 0 Å². The standard InChI is InChI=1S/C18H14F3N3OS/c1-10-3-6-12(7-4-10)17(18(19,20)21)22-15(25)24-13-8-5-11(2)9-14(13)26-16(24)23-17/h3-9H,1-2H3,(H,22,25)/t17-/m1/s1. The first kappa shape index (κ1) is 17.0. The predicted octanol–water partition coefficient (Wildman–Crippen LogP) is 4.71. The van der Waals surface area contributed by atoms with Gasteiger partial charge in [0.05, 0.1) is 5.69 Å². The molecular formula is C18H14F3N3OS. The molecule has 0 fully saturated rings. The van der Waals surface area contributed by atoms with Crippen molar-refractivity contribution in [1.82, 2.24) is 5.32 Å². The van der Waals surface area contributed by atoms with Crippen LogP contribution in [0.5, 0.6) is 0 Å². The number of amidine groups is 1. The number of amides is 2. The molecule has 2 heterocycles. The Kier molecular flexibility index (Phi) is 3.59. The van der Waals surface area contributed by atoms with Crippen LogP contribution in [0.15, 0.2) is 52.4 Å². The van der Waals surface area contributed by atoms with Crippen molar-refractivity contribution in [2.75, 3.05) is 4.90 Å². The van der Waals surface area contributed by atoms with Crippen LogP contribution in [-0.2, 0) is 5.66 Å². The number of rotatable bonds is 1. The summed E-state index contributed by atoms with van der Waals surface area (Å²) < 4.78 is 42.2. The molecule has 0 aliphatic carbocycles. The highest BCUT2D eigenvalue weighted by Crippen LogP contribution is 2.48. The van der Waals surface area contributed by atoms with Crippen LogP contribution in [0, 0.1) is 13.8 Å². The van der Waals surface area contributed by atoms with E-state index >= 15 is 0 Å². The Bertz CT molecular complexity index is 940. The second-order valence-electron chi connectivity index (χ2n) is 6.31. The summed E-state index contributed by atoms with van der Waals surface area (Å²) in [6, 6.07) is 10.3. The van der Waals surface area contributed by atoms with Gasteiger partial charge in [0.15, 0.2) is 5.17 Å². The lowest BCUT2D eigenvalue weighted by Crippen LogP contribution is -2.62. The van der Waals surface area contributed by atoms with Crippen molar-refractivity contribution in [1.29, 1.82) is 0 Å². The van der Waals surface area contributed by atoms with Gasteiger partial charge >= 0.3 is 12.2 Å². The van der Waals surface area contributed by atoms with E-state index in [2.05, 4.69) is 10.3 Å². The van der Waals surface area contributed by atoms with E-state index in [1.54, 1.807) is 31.2 Å². The molecule has 0 bridgehead atoms. The SMILES string of the molecule is Cc1ccc([C@]2(C(F)(F)F)N=C3Sc4cc(C)ccc4N3C(=O)N2)cc1. The van der Waals surface area contributed by atoms with Gasteiger partial charge in [-0.1, -0.05) is 35.9 Å². The van der Waals surface area contributed by atoms with Crippen LogP contribution in [0.1, 0.15) is 16.7 Å². The number of alkyl halides is 3. The summed E-state index contributed by atoms with van der Waals surface area (Å²) in [4.78, 5) is 18.5. The zero-order valence-corrected chi connectivity index (χ0v) is 14.7. The molecule has 1 N–H and O–H groups in total. The number of fused-ring (bicyclic) bond motifs is 3. The average molecular weight is 377 g/mol. The highest BCUT2D eigenvalue weighted by atomic mass is 32.2. The molecule has 0 aromatic heterocycles. The number of halogens is 3. The normalized spacial score (nSPS) is 21.8. The largest absolute Gasteiger partial charge is 0.436 e. The van der Waals surface area contributed by atoms with Gasteiger partial charge in [-0.15, -0.1) is 0 Å². The first-order valence-corrected chi connectivity index (χ1v) is 8.67. The number of nitrogens with zero attached hydrogens (tertiary/aromatic N) is 2. The Morgan fingerprint density at radius 3 is 2.38 bits per heavy atom. The van der Waals surface area contributed by atoms with Crippen LogP contribution in [0.2, 0.25) is 0 Å². The summed E-state index contributed by atoms with van der Waals surface area (Å²) in [5.74, 6) is 0. The maximum atomic E-state index is 14.1. The van der Waals surface area contributed by atoms with Gasteiger partial charge < -0.3 is 5.32 Å². The molecule has 0 saturated heterocycles. The molecule has 134 valence electrons. The molecule has 4 rings (SSSR count). The van der Waals surface area contributed by atoms with E-state index in [9.17, 15) is 18.0 Å². The van der Waals surface area contributed by atoms with Gasteiger partial charge in [-0.2, -0.15) is 13.2 Å². The molecular weight excluding hydrogens is 363 g/mol. The van der Waals surface area contributed by atoms with Gasteiger partial charge in [-0.05, 0) is 43.3 Å². The molecule has 2 amide bonds.